The number of halogens is 6. The lowest BCUT2D eigenvalue weighted by Crippen LogP contribution is -2.44. The average molecular weight is 546 g/mol. The summed E-state index contributed by atoms with van der Waals surface area (Å²) in [5.74, 6) is -4.06. The quantitative estimate of drug-likeness (QED) is 0.548. The predicted molar refractivity (Wildman–Crippen MR) is 114 cm³/mol. The fourth-order valence-corrected chi connectivity index (χ4v) is 4.15. The van der Waals surface area contributed by atoms with Crippen molar-refractivity contribution >= 4 is 11.9 Å². The van der Waals surface area contributed by atoms with E-state index in [-0.39, 0.29) is 12.2 Å². The van der Waals surface area contributed by atoms with Crippen LogP contribution in [0, 0.1) is 5.92 Å². The molecule has 3 fully saturated rings. The van der Waals surface area contributed by atoms with Crippen LogP contribution in [0.15, 0.2) is 24.4 Å². The Kier molecular flexibility index (Phi) is 11.4. The highest BCUT2D eigenvalue weighted by Crippen LogP contribution is 2.32. The van der Waals surface area contributed by atoms with Gasteiger partial charge in [-0.25, -0.2) is 14.6 Å². The number of aromatic nitrogens is 1. The maximum absolute atomic E-state index is 10.6. The van der Waals surface area contributed by atoms with Crippen molar-refractivity contribution in [2.45, 2.75) is 56.3 Å². The Morgan fingerprint density at radius 2 is 1.59 bits per heavy atom. The lowest BCUT2D eigenvalue weighted by Gasteiger charge is -2.34. The van der Waals surface area contributed by atoms with Crippen LogP contribution in [0.2, 0.25) is 0 Å². The highest BCUT2D eigenvalue weighted by molar-refractivity contribution is 5.73. The zero-order valence-corrected chi connectivity index (χ0v) is 19.6. The monoisotopic (exact) mass is 546 g/mol. The summed E-state index contributed by atoms with van der Waals surface area (Å²) in [6, 6.07) is 6.31. The lowest BCUT2D eigenvalue weighted by molar-refractivity contribution is -0.193. The first-order chi connectivity index (χ1) is 17.3. The van der Waals surface area contributed by atoms with Crippen LogP contribution in [-0.4, -0.2) is 95.5 Å². The summed E-state index contributed by atoms with van der Waals surface area (Å²) < 4.78 is 81.2. The van der Waals surface area contributed by atoms with Crippen LogP contribution in [0.3, 0.4) is 0 Å². The van der Waals surface area contributed by atoms with Gasteiger partial charge in [-0.05, 0) is 37.7 Å². The summed E-state index contributed by atoms with van der Waals surface area (Å²) in [7, 11) is 0. The molecule has 0 aromatic carbocycles. The number of carbonyl (C=O) groups is 2. The summed E-state index contributed by atoms with van der Waals surface area (Å²) in [6.07, 6.45) is -3.37. The summed E-state index contributed by atoms with van der Waals surface area (Å²) in [5, 5.41) is 14.2. The molecular weight excluding hydrogens is 518 g/mol. The second kappa shape index (κ2) is 13.8. The van der Waals surface area contributed by atoms with Crippen molar-refractivity contribution in [2.75, 3.05) is 32.9 Å². The fraction of sp³-hybridized carbons (Fsp3) is 0.682. The van der Waals surface area contributed by atoms with E-state index in [1.165, 1.54) is 19.3 Å². The lowest BCUT2D eigenvalue weighted by atomic mass is 9.97. The molecule has 15 heteroatoms. The molecule has 3 aliphatic rings. The van der Waals surface area contributed by atoms with E-state index in [0.717, 1.165) is 45.2 Å². The summed E-state index contributed by atoms with van der Waals surface area (Å²) in [5.41, 5.74) is 0. The second-order valence-electron chi connectivity index (χ2n) is 8.48. The Bertz CT molecular complexity index is 826. The topological polar surface area (TPSA) is 118 Å². The van der Waals surface area contributed by atoms with E-state index < -0.39 is 24.3 Å². The van der Waals surface area contributed by atoms with Crippen molar-refractivity contribution in [1.29, 1.82) is 0 Å². The van der Waals surface area contributed by atoms with Gasteiger partial charge in [0.05, 0.1) is 0 Å². The molecular formula is C22H28F6N2O7. The summed E-state index contributed by atoms with van der Waals surface area (Å²) in [6.45, 7) is 4.78. The van der Waals surface area contributed by atoms with Crippen LogP contribution >= 0.6 is 0 Å². The van der Waals surface area contributed by atoms with E-state index in [1.807, 2.05) is 18.2 Å². The largest absolute Gasteiger partial charge is 0.490 e. The van der Waals surface area contributed by atoms with Gasteiger partial charge < -0.3 is 24.4 Å². The number of likely N-dealkylation sites (tertiary alicyclic amines) is 1. The SMILES string of the molecule is O=C(O)C(F)(F)F.O=C(O)C(F)(F)F.c1ccc(O[C@H]2CN(CC3CCOCC3)[C@@H]3CCCO[C@H]23)nc1. The van der Waals surface area contributed by atoms with Gasteiger partial charge in [-0.2, -0.15) is 26.3 Å². The normalized spacial score (nSPS) is 24.5. The van der Waals surface area contributed by atoms with E-state index in [9.17, 15) is 26.3 Å². The Balaban J connectivity index is 0.000000286. The molecule has 0 radical (unpaired) electrons. The van der Waals surface area contributed by atoms with Gasteiger partial charge in [0.1, 0.15) is 12.2 Å². The number of nitrogens with zero attached hydrogens (tertiary/aromatic N) is 2. The van der Waals surface area contributed by atoms with Crippen LogP contribution in [-0.2, 0) is 19.1 Å². The Morgan fingerprint density at radius 1 is 1.00 bits per heavy atom. The average Bonchev–Trinajstić information content (AvgIpc) is 3.17. The number of aliphatic carboxylic acids is 2. The van der Waals surface area contributed by atoms with Crippen molar-refractivity contribution in [3.8, 4) is 5.88 Å². The highest BCUT2D eigenvalue weighted by atomic mass is 19.4. The standard InChI is InChI=1S/C18H26N2O3.2C2HF3O2/c1-2-8-19-17(5-1)23-16-13-20(12-14-6-10-21-11-7-14)15-4-3-9-22-18(15)16;2*3-2(4,5)1(6)7/h1-2,5,8,14-16,18H,3-4,6-7,9-13H2;2*(H,6,7)/t15-,16+,18+;;/m1../s1. The molecule has 2 N–H and O–H groups in total. The number of carboxylic acid groups (broad SMARTS) is 2. The molecule has 1 aromatic rings. The Labute approximate surface area is 208 Å². The molecule has 1 aromatic heterocycles. The third-order valence-corrected chi connectivity index (χ3v) is 5.81. The molecule has 4 heterocycles. The number of pyridine rings is 1. The number of hydrogen-bond donors (Lipinski definition) is 2. The first-order valence-corrected chi connectivity index (χ1v) is 11.4. The predicted octanol–water partition coefficient (Wildman–Crippen LogP) is 3.39. The molecule has 3 atom stereocenters. The van der Waals surface area contributed by atoms with Gasteiger partial charge >= 0.3 is 24.3 Å². The van der Waals surface area contributed by atoms with E-state index in [0.29, 0.717) is 11.9 Å². The van der Waals surface area contributed by atoms with Gasteiger partial charge in [-0.3, -0.25) is 4.90 Å². The van der Waals surface area contributed by atoms with E-state index in [1.54, 1.807) is 6.20 Å². The third-order valence-electron chi connectivity index (χ3n) is 5.81. The second-order valence-corrected chi connectivity index (χ2v) is 8.48. The minimum Gasteiger partial charge on any atom is -0.475 e. The fourth-order valence-electron chi connectivity index (χ4n) is 4.15. The maximum atomic E-state index is 10.6. The number of carboxylic acids is 2. The zero-order chi connectivity index (χ0) is 27.6. The molecule has 0 spiro atoms. The number of hydrogen-bond acceptors (Lipinski definition) is 7. The summed E-state index contributed by atoms with van der Waals surface area (Å²) in [4.78, 5) is 24.7. The Morgan fingerprint density at radius 3 is 2.11 bits per heavy atom. The Hall–Kier alpha value is -2.65. The molecule has 0 unspecified atom stereocenters. The minimum atomic E-state index is -5.08. The molecule has 0 saturated carbocycles. The van der Waals surface area contributed by atoms with Crippen LogP contribution in [0.4, 0.5) is 26.3 Å². The van der Waals surface area contributed by atoms with Crippen molar-refractivity contribution in [1.82, 2.24) is 9.88 Å². The number of ether oxygens (including phenoxy) is 3. The van der Waals surface area contributed by atoms with Crippen LogP contribution in [0.25, 0.3) is 0 Å². The van der Waals surface area contributed by atoms with E-state index in [2.05, 4.69) is 9.88 Å². The first-order valence-electron chi connectivity index (χ1n) is 11.4. The van der Waals surface area contributed by atoms with Crippen molar-refractivity contribution in [3.63, 3.8) is 0 Å². The van der Waals surface area contributed by atoms with Gasteiger partial charge in [0.2, 0.25) is 5.88 Å². The minimum absolute atomic E-state index is 0.0926. The van der Waals surface area contributed by atoms with Crippen molar-refractivity contribution in [3.05, 3.63) is 24.4 Å². The van der Waals surface area contributed by atoms with Crippen LogP contribution in [0.1, 0.15) is 25.7 Å². The molecule has 210 valence electrons. The van der Waals surface area contributed by atoms with Gasteiger partial charge in [-0.1, -0.05) is 6.07 Å². The molecule has 37 heavy (non-hydrogen) atoms. The zero-order valence-electron chi connectivity index (χ0n) is 19.6. The first kappa shape index (κ1) is 30.6. The number of alkyl halides is 6. The van der Waals surface area contributed by atoms with Gasteiger partial charge in [0.25, 0.3) is 0 Å². The van der Waals surface area contributed by atoms with Crippen LogP contribution in [0.5, 0.6) is 5.88 Å². The van der Waals surface area contributed by atoms with Crippen LogP contribution < -0.4 is 4.74 Å². The molecule has 3 saturated heterocycles. The van der Waals surface area contributed by atoms with Crippen molar-refractivity contribution in [2.24, 2.45) is 5.92 Å². The molecule has 3 aliphatic heterocycles. The van der Waals surface area contributed by atoms with E-state index in [4.69, 9.17) is 34.0 Å². The maximum Gasteiger partial charge on any atom is 0.490 e. The molecule has 4 rings (SSSR count). The van der Waals surface area contributed by atoms with Gasteiger partial charge in [0.15, 0.2) is 0 Å². The number of fused-ring (bicyclic) bond motifs is 1. The molecule has 0 aliphatic carbocycles. The third kappa shape index (κ3) is 10.3. The van der Waals surface area contributed by atoms with Gasteiger partial charge in [0, 0.05) is 51.2 Å². The summed E-state index contributed by atoms with van der Waals surface area (Å²) >= 11 is 0. The van der Waals surface area contributed by atoms with Crippen molar-refractivity contribution < 1.29 is 60.4 Å². The van der Waals surface area contributed by atoms with Gasteiger partial charge in [-0.15, -0.1) is 0 Å². The van der Waals surface area contributed by atoms with E-state index >= 15 is 0 Å². The smallest absolute Gasteiger partial charge is 0.475 e. The molecule has 9 nitrogen and oxygen atoms in total. The highest BCUT2D eigenvalue weighted by Gasteiger charge is 2.46. The molecule has 0 bridgehead atoms. The number of rotatable bonds is 4. The molecule has 0 amide bonds.